The van der Waals surface area contributed by atoms with Gasteiger partial charge in [-0.05, 0) is 32.0 Å². The zero-order chi connectivity index (χ0) is 14.4. The second kappa shape index (κ2) is 7.43. The Balaban J connectivity index is 1.98. The molecule has 0 saturated heterocycles. The van der Waals surface area contributed by atoms with Gasteiger partial charge in [-0.15, -0.1) is 4.37 Å². The average Bonchev–Trinajstić information content (AvgIpc) is 2.87. The number of allylic oxidation sites excluding steroid dienone is 2. The normalized spacial score (nSPS) is 16.1. The molecule has 0 bridgehead atoms. The molecular weight excluding hydrogens is 270 g/mol. The first kappa shape index (κ1) is 15.0. The van der Waals surface area contributed by atoms with Gasteiger partial charge in [-0.3, -0.25) is 0 Å². The highest BCUT2D eigenvalue weighted by molar-refractivity contribution is 6.99. The van der Waals surface area contributed by atoms with Gasteiger partial charge < -0.3 is 9.64 Å². The Morgan fingerprint density at radius 1 is 1.40 bits per heavy atom. The molecule has 0 radical (unpaired) electrons. The molecule has 0 amide bonds. The van der Waals surface area contributed by atoms with Crippen LogP contribution in [0.5, 0.6) is 5.88 Å². The second-order valence-electron chi connectivity index (χ2n) is 5.29. The van der Waals surface area contributed by atoms with Gasteiger partial charge in [-0.25, -0.2) is 0 Å². The lowest BCUT2D eigenvalue weighted by Gasteiger charge is -2.19. The van der Waals surface area contributed by atoms with E-state index >= 15 is 0 Å². The van der Waals surface area contributed by atoms with Crippen molar-refractivity contribution in [1.82, 2.24) is 13.6 Å². The van der Waals surface area contributed by atoms with Gasteiger partial charge in [0.2, 0.25) is 0 Å². The van der Waals surface area contributed by atoms with Crippen molar-refractivity contribution in [3.05, 3.63) is 24.0 Å². The van der Waals surface area contributed by atoms with Crippen LogP contribution in [0, 0.1) is 0 Å². The quantitative estimate of drug-likeness (QED) is 0.718. The molecule has 20 heavy (non-hydrogen) atoms. The Morgan fingerprint density at radius 3 is 3.00 bits per heavy atom. The zero-order valence-electron chi connectivity index (χ0n) is 12.5. The van der Waals surface area contributed by atoms with Gasteiger partial charge in [-0.2, -0.15) is 4.37 Å². The first-order valence-corrected chi connectivity index (χ1v) is 8.01. The highest BCUT2D eigenvalue weighted by Crippen LogP contribution is 2.27. The molecule has 0 spiro atoms. The van der Waals surface area contributed by atoms with Crippen molar-refractivity contribution in [3.63, 3.8) is 0 Å². The number of nitrogens with zero attached hydrogens (tertiary/aromatic N) is 3. The summed E-state index contributed by atoms with van der Waals surface area (Å²) >= 11 is 1.22. The Kier molecular flexibility index (Phi) is 5.59. The van der Waals surface area contributed by atoms with Crippen LogP contribution in [0.15, 0.2) is 18.4 Å². The van der Waals surface area contributed by atoms with Gasteiger partial charge in [0.1, 0.15) is 5.69 Å². The summed E-state index contributed by atoms with van der Waals surface area (Å²) in [4.78, 5) is 2.13. The zero-order valence-corrected chi connectivity index (χ0v) is 13.3. The summed E-state index contributed by atoms with van der Waals surface area (Å²) in [7, 11) is 2.05. The molecule has 1 aromatic rings. The smallest absolute Gasteiger partial charge is 0.253 e. The lowest BCUT2D eigenvalue weighted by Crippen LogP contribution is -2.17. The van der Waals surface area contributed by atoms with Crippen LogP contribution in [-0.4, -0.2) is 33.3 Å². The van der Waals surface area contributed by atoms with E-state index < -0.39 is 0 Å². The van der Waals surface area contributed by atoms with E-state index in [4.69, 9.17) is 4.74 Å². The van der Waals surface area contributed by atoms with E-state index in [1.165, 1.54) is 36.6 Å². The lowest BCUT2D eigenvalue weighted by atomic mass is 10.1. The predicted molar refractivity (Wildman–Crippen MR) is 83.9 cm³/mol. The maximum Gasteiger partial charge on any atom is 0.253 e. The van der Waals surface area contributed by atoms with E-state index in [9.17, 15) is 0 Å². The largest absolute Gasteiger partial charge is 0.472 e. The van der Waals surface area contributed by atoms with Crippen molar-refractivity contribution in [2.75, 3.05) is 13.6 Å². The number of hydrogen-bond donors (Lipinski definition) is 0. The second-order valence-corrected chi connectivity index (χ2v) is 5.82. The molecule has 0 aromatic carbocycles. The van der Waals surface area contributed by atoms with E-state index in [-0.39, 0.29) is 6.10 Å². The maximum atomic E-state index is 5.97. The van der Waals surface area contributed by atoms with Crippen molar-refractivity contribution in [3.8, 4) is 5.88 Å². The first-order chi connectivity index (χ1) is 9.70. The summed E-state index contributed by atoms with van der Waals surface area (Å²) in [6, 6.07) is 0. The number of ether oxygens (including phenoxy) is 1. The molecule has 0 N–H and O–H groups in total. The van der Waals surface area contributed by atoms with E-state index in [2.05, 4.69) is 46.8 Å². The third kappa shape index (κ3) is 4.07. The molecule has 1 unspecified atom stereocenters. The molecular formula is C15H23N3OS. The Labute approximate surface area is 125 Å². The topological polar surface area (TPSA) is 38.3 Å². The molecule has 1 aliphatic heterocycles. The number of likely N-dealkylation sites (N-methyl/N-ethyl adjacent to an activating group) is 1. The molecule has 0 fully saturated rings. The lowest BCUT2D eigenvalue weighted by molar-refractivity contribution is 0.199. The van der Waals surface area contributed by atoms with Crippen molar-refractivity contribution in [2.45, 2.75) is 45.6 Å². The van der Waals surface area contributed by atoms with Crippen LogP contribution in [-0.2, 0) is 0 Å². The van der Waals surface area contributed by atoms with Crippen LogP contribution < -0.4 is 4.74 Å². The van der Waals surface area contributed by atoms with Crippen molar-refractivity contribution in [2.24, 2.45) is 0 Å². The third-order valence-electron chi connectivity index (χ3n) is 3.35. The minimum atomic E-state index is 0.196. The summed E-state index contributed by atoms with van der Waals surface area (Å²) in [6.45, 7) is 5.18. The summed E-state index contributed by atoms with van der Waals surface area (Å²) < 4.78 is 14.7. The third-order valence-corrected chi connectivity index (χ3v) is 3.86. The molecule has 0 aliphatic carbocycles. The van der Waals surface area contributed by atoms with E-state index in [0.29, 0.717) is 5.88 Å². The summed E-state index contributed by atoms with van der Waals surface area (Å²) in [6.07, 6.45) is 11.2. The van der Waals surface area contributed by atoms with Gasteiger partial charge >= 0.3 is 0 Å². The van der Waals surface area contributed by atoms with Crippen LogP contribution in [0.2, 0.25) is 0 Å². The number of unbranched alkanes of at least 4 members (excludes halogenated alkanes) is 2. The standard InChI is InChI=1S/C15H23N3OS/c1-4-5-6-8-12(2)19-15-14(16-20-17-15)13-9-7-10-18(3)11-13/h7,9-10,12H,4-6,8,11H2,1-3H3. The Bertz CT molecular complexity index is 481. The minimum absolute atomic E-state index is 0.196. The first-order valence-electron chi connectivity index (χ1n) is 7.28. The van der Waals surface area contributed by atoms with Crippen LogP contribution in [0.25, 0.3) is 5.57 Å². The summed E-state index contributed by atoms with van der Waals surface area (Å²) in [5.41, 5.74) is 2.06. The fourth-order valence-electron chi connectivity index (χ4n) is 2.22. The van der Waals surface area contributed by atoms with E-state index in [0.717, 1.165) is 18.7 Å². The summed E-state index contributed by atoms with van der Waals surface area (Å²) in [5, 5.41) is 0. The molecule has 110 valence electrons. The SMILES string of the molecule is CCCCCC(C)Oc1nsnc1C1=CC=CN(C)C1. The van der Waals surface area contributed by atoms with Gasteiger partial charge in [0, 0.05) is 19.2 Å². The maximum absolute atomic E-state index is 5.97. The van der Waals surface area contributed by atoms with Crippen molar-refractivity contribution >= 4 is 17.3 Å². The number of hydrogen-bond acceptors (Lipinski definition) is 5. The highest BCUT2D eigenvalue weighted by atomic mass is 32.1. The van der Waals surface area contributed by atoms with Crippen LogP contribution in [0.1, 0.15) is 45.2 Å². The van der Waals surface area contributed by atoms with Crippen LogP contribution in [0.4, 0.5) is 0 Å². The molecule has 1 aromatic heterocycles. The Morgan fingerprint density at radius 2 is 2.25 bits per heavy atom. The summed E-state index contributed by atoms with van der Waals surface area (Å²) in [5.74, 6) is 0.689. The average molecular weight is 293 g/mol. The fraction of sp³-hybridized carbons (Fsp3) is 0.600. The number of aromatic nitrogens is 2. The van der Waals surface area contributed by atoms with Crippen molar-refractivity contribution in [1.29, 1.82) is 0 Å². The van der Waals surface area contributed by atoms with Gasteiger partial charge in [0.05, 0.1) is 17.8 Å². The predicted octanol–water partition coefficient (Wildman–Crippen LogP) is 3.73. The fourth-order valence-corrected chi connectivity index (χ4v) is 2.74. The molecule has 1 atom stereocenters. The van der Waals surface area contributed by atoms with Crippen LogP contribution >= 0.6 is 11.7 Å². The number of rotatable bonds is 7. The highest BCUT2D eigenvalue weighted by Gasteiger charge is 2.18. The van der Waals surface area contributed by atoms with Gasteiger partial charge in [0.25, 0.3) is 5.88 Å². The van der Waals surface area contributed by atoms with Crippen molar-refractivity contribution < 1.29 is 4.74 Å². The molecule has 2 heterocycles. The van der Waals surface area contributed by atoms with Gasteiger partial charge in [0.15, 0.2) is 0 Å². The molecule has 5 heteroatoms. The monoisotopic (exact) mass is 293 g/mol. The molecule has 0 saturated carbocycles. The molecule has 4 nitrogen and oxygen atoms in total. The Hall–Kier alpha value is -1.36. The van der Waals surface area contributed by atoms with E-state index in [1.807, 2.05) is 6.08 Å². The minimum Gasteiger partial charge on any atom is -0.472 e. The van der Waals surface area contributed by atoms with E-state index in [1.54, 1.807) is 0 Å². The molecule has 2 rings (SSSR count). The van der Waals surface area contributed by atoms with Gasteiger partial charge in [-0.1, -0.05) is 25.8 Å². The van der Waals surface area contributed by atoms with Crippen LogP contribution in [0.3, 0.4) is 0 Å². The molecule has 1 aliphatic rings.